The average Bonchev–Trinajstić information content (AvgIpc) is 2.92. The summed E-state index contributed by atoms with van der Waals surface area (Å²) in [6.45, 7) is 0.476. The molecule has 0 aliphatic carbocycles. The Morgan fingerprint density at radius 2 is 2.24 bits per heavy atom. The number of hydrogen-bond acceptors (Lipinski definition) is 4. The van der Waals surface area contributed by atoms with Gasteiger partial charge in [-0.2, -0.15) is 12.7 Å². The van der Waals surface area contributed by atoms with Crippen LogP contribution in [-0.4, -0.2) is 48.4 Å². The van der Waals surface area contributed by atoms with Crippen molar-refractivity contribution in [2.24, 2.45) is 5.92 Å². The molecule has 0 spiro atoms. The predicted octanol–water partition coefficient (Wildman–Crippen LogP) is 0.262. The second kappa shape index (κ2) is 5.12. The lowest BCUT2D eigenvalue weighted by Gasteiger charge is -2.30. The van der Waals surface area contributed by atoms with Gasteiger partial charge in [0.15, 0.2) is 0 Å². The molecule has 3 heterocycles. The van der Waals surface area contributed by atoms with Crippen LogP contribution in [0.15, 0.2) is 30.5 Å². The van der Waals surface area contributed by atoms with Crippen molar-refractivity contribution >= 4 is 22.0 Å². The molecule has 21 heavy (non-hydrogen) atoms. The molecule has 0 fully saturated rings. The van der Waals surface area contributed by atoms with E-state index < -0.39 is 22.1 Å². The Balaban J connectivity index is 1.89. The molecule has 0 saturated heterocycles. The molecule has 0 saturated carbocycles. The zero-order valence-corrected chi connectivity index (χ0v) is 12.0. The summed E-state index contributed by atoms with van der Waals surface area (Å²) in [6.07, 6.45) is 5.29. The maximum atomic E-state index is 12.7. The van der Waals surface area contributed by atoms with Crippen molar-refractivity contribution in [1.82, 2.24) is 9.29 Å². The number of pyridine rings is 1. The fourth-order valence-electron chi connectivity index (χ4n) is 2.59. The molecule has 1 atom stereocenters. The van der Waals surface area contributed by atoms with Crippen LogP contribution in [0.25, 0.3) is 0 Å². The Morgan fingerprint density at radius 1 is 1.43 bits per heavy atom. The van der Waals surface area contributed by atoms with Crippen molar-refractivity contribution in [2.75, 3.05) is 23.9 Å². The lowest BCUT2D eigenvalue weighted by atomic mass is 10.1. The van der Waals surface area contributed by atoms with Gasteiger partial charge in [0.25, 0.3) is 0 Å². The highest BCUT2D eigenvalue weighted by Crippen LogP contribution is 2.29. The summed E-state index contributed by atoms with van der Waals surface area (Å²) >= 11 is 0. The van der Waals surface area contributed by atoms with Gasteiger partial charge >= 0.3 is 16.2 Å². The molecule has 0 amide bonds. The number of nitrogens with zero attached hydrogens (tertiary/aromatic N) is 3. The molecule has 1 N–H and O–H groups in total. The van der Waals surface area contributed by atoms with E-state index in [-0.39, 0.29) is 13.1 Å². The van der Waals surface area contributed by atoms with Crippen LogP contribution in [0.5, 0.6) is 0 Å². The Morgan fingerprint density at radius 3 is 3.00 bits per heavy atom. The third-order valence-corrected chi connectivity index (χ3v) is 5.55. The predicted molar refractivity (Wildman–Crippen MR) is 76.0 cm³/mol. The van der Waals surface area contributed by atoms with Crippen molar-refractivity contribution in [3.63, 3.8) is 0 Å². The minimum atomic E-state index is -3.75. The molecule has 8 heteroatoms. The van der Waals surface area contributed by atoms with Crippen molar-refractivity contribution in [3.8, 4) is 0 Å². The first-order chi connectivity index (χ1) is 10.00. The molecular weight excluding hydrogens is 294 g/mol. The summed E-state index contributed by atoms with van der Waals surface area (Å²) in [4.78, 5) is 15.2. The highest BCUT2D eigenvalue weighted by atomic mass is 32.2. The second-order valence-electron chi connectivity index (χ2n) is 5.01. The van der Waals surface area contributed by atoms with Gasteiger partial charge < -0.3 is 5.11 Å². The van der Waals surface area contributed by atoms with E-state index in [9.17, 15) is 13.2 Å². The van der Waals surface area contributed by atoms with Crippen molar-refractivity contribution < 1.29 is 18.3 Å². The van der Waals surface area contributed by atoms with E-state index in [0.29, 0.717) is 18.8 Å². The van der Waals surface area contributed by atoms with Crippen LogP contribution < -0.4 is 4.31 Å². The number of aliphatic carboxylic acids is 1. The van der Waals surface area contributed by atoms with Gasteiger partial charge in [-0.25, -0.2) is 9.29 Å². The molecule has 2 aliphatic heterocycles. The van der Waals surface area contributed by atoms with E-state index in [1.165, 1.54) is 14.7 Å². The first-order valence-corrected chi connectivity index (χ1v) is 8.01. The molecule has 0 aromatic carbocycles. The van der Waals surface area contributed by atoms with Crippen LogP contribution >= 0.6 is 0 Å². The van der Waals surface area contributed by atoms with E-state index in [4.69, 9.17) is 5.11 Å². The van der Waals surface area contributed by atoms with Gasteiger partial charge in [-0.1, -0.05) is 18.2 Å². The number of carbonyl (C=O) groups is 1. The third kappa shape index (κ3) is 2.40. The molecule has 7 nitrogen and oxygen atoms in total. The Labute approximate surface area is 122 Å². The highest BCUT2D eigenvalue weighted by Gasteiger charge is 2.37. The third-order valence-electron chi connectivity index (χ3n) is 3.69. The van der Waals surface area contributed by atoms with Crippen LogP contribution in [0.1, 0.15) is 5.56 Å². The number of anilines is 1. The molecule has 2 aliphatic rings. The SMILES string of the molecule is O=C(O)C1C=CCN(S(=O)(=O)N2CCc3cccnc32)C1. The van der Waals surface area contributed by atoms with Gasteiger partial charge in [0.2, 0.25) is 0 Å². The molecule has 1 unspecified atom stereocenters. The van der Waals surface area contributed by atoms with Crippen molar-refractivity contribution in [1.29, 1.82) is 0 Å². The topological polar surface area (TPSA) is 90.8 Å². The standard InChI is InChI=1S/C13H15N3O4S/c17-13(18)11-4-2-7-15(9-11)21(19,20)16-8-5-10-3-1-6-14-12(10)16/h1-4,6,11H,5,7-9H2,(H,17,18). The first kappa shape index (κ1) is 14.0. The normalized spacial score (nSPS) is 22.3. The minimum absolute atomic E-state index is 0.0488. The summed E-state index contributed by atoms with van der Waals surface area (Å²) in [7, 11) is -3.75. The molecule has 1 aromatic rings. The van der Waals surface area contributed by atoms with Gasteiger partial charge in [0.1, 0.15) is 5.82 Å². The molecule has 3 rings (SSSR count). The largest absolute Gasteiger partial charge is 0.481 e. The van der Waals surface area contributed by atoms with Crippen LogP contribution in [0, 0.1) is 5.92 Å². The van der Waals surface area contributed by atoms with Gasteiger partial charge in [0, 0.05) is 25.8 Å². The van der Waals surface area contributed by atoms with Crippen LogP contribution in [0.3, 0.4) is 0 Å². The first-order valence-electron chi connectivity index (χ1n) is 6.61. The molecule has 112 valence electrons. The average molecular weight is 309 g/mol. The fourth-order valence-corrected chi connectivity index (χ4v) is 4.20. The molecule has 0 radical (unpaired) electrons. The molecule has 1 aromatic heterocycles. The number of carboxylic acids is 1. The maximum Gasteiger partial charge on any atom is 0.311 e. The Bertz CT molecular complexity index is 701. The summed E-state index contributed by atoms with van der Waals surface area (Å²) in [6, 6.07) is 3.63. The van der Waals surface area contributed by atoms with Gasteiger partial charge in [0.05, 0.1) is 5.92 Å². The number of fused-ring (bicyclic) bond motifs is 1. The Hall–Kier alpha value is -1.93. The lowest BCUT2D eigenvalue weighted by Crippen LogP contribution is -2.47. The fraction of sp³-hybridized carbons (Fsp3) is 0.385. The number of rotatable bonds is 3. The summed E-state index contributed by atoms with van der Waals surface area (Å²) in [5.74, 6) is -1.38. The van der Waals surface area contributed by atoms with E-state index in [0.717, 1.165) is 5.56 Å². The number of hydrogen-bond donors (Lipinski definition) is 1. The summed E-state index contributed by atoms with van der Waals surface area (Å²) < 4.78 is 27.9. The maximum absolute atomic E-state index is 12.7. The van der Waals surface area contributed by atoms with Gasteiger partial charge in [-0.3, -0.25) is 4.79 Å². The van der Waals surface area contributed by atoms with Gasteiger partial charge in [-0.15, -0.1) is 0 Å². The quantitative estimate of drug-likeness (QED) is 0.809. The zero-order chi connectivity index (χ0) is 15.0. The van der Waals surface area contributed by atoms with Crippen molar-refractivity contribution in [2.45, 2.75) is 6.42 Å². The van der Waals surface area contributed by atoms with Crippen LogP contribution in [-0.2, 0) is 21.4 Å². The zero-order valence-electron chi connectivity index (χ0n) is 11.2. The molecule has 0 bridgehead atoms. The second-order valence-corrected chi connectivity index (χ2v) is 6.86. The smallest absolute Gasteiger partial charge is 0.311 e. The number of aromatic nitrogens is 1. The minimum Gasteiger partial charge on any atom is -0.481 e. The van der Waals surface area contributed by atoms with Crippen LogP contribution in [0.2, 0.25) is 0 Å². The van der Waals surface area contributed by atoms with E-state index in [2.05, 4.69) is 4.98 Å². The summed E-state index contributed by atoms with van der Waals surface area (Å²) in [5, 5.41) is 9.05. The summed E-state index contributed by atoms with van der Waals surface area (Å²) in [5.41, 5.74) is 0.892. The van der Waals surface area contributed by atoms with E-state index in [1.54, 1.807) is 18.3 Å². The van der Waals surface area contributed by atoms with Crippen LogP contribution in [0.4, 0.5) is 5.82 Å². The van der Waals surface area contributed by atoms with E-state index >= 15 is 0 Å². The van der Waals surface area contributed by atoms with E-state index in [1.807, 2.05) is 6.07 Å². The number of carboxylic acid groups (broad SMARTS) is 1. The Kier molecular flexibility index (Phi) is 3.42. The van der Waals surface area contributed by atoms with Gasteiger partial charge in [-0.05, 0) is 18.1 Å². The lowest BCUT2D eigenvalue weighted by molar-refractivity contribution is -0.140. The monoisotopic (exact) mass is 309 g/mol. The van der Waals surface area contributed by atoms with Crippen molar-refractivity contribution in [3.05, 3.63) is 36.0 Å². The molecular formula is C13H15N3O4S. The highest BCUT2D eigenvalue weighted by molar-refractivity contribution is 7.90.